The number of carbonyl (C=O) groups is 2. The van der Waals surface area contributed by atoms with Crippen molar-refractivity contribution in [1.29, 1.82) is 0 Å². The van der Waals surface area contributed by atoms with Crippen LogP contribution >= 0.6 is 0 Å². The second kappa shape index (κ2) is 13.5. The van der Waals surface area contributed by atoms with Crippen molar-refractivity contribution in [2.75, 3.05) is 13.1 Å². The first-order valence-corrected chi connectivity index (χ1v) is 12.6. The van der Waals surface area contributed by atoms with Crippen LogP contribution in [0.3, 0.4) is 0 Å². The number of quaternary nitrogens is 1. The summed E-state index contributed by atoms with van der Waals surface area (Å²) in [5.74, 6) is 0.772. The summed E-state index contributed by atoms with van der Waals surface area (Å²) in [6, 6.07) is -0.0216. The van der Waals surface area contributed by atoms with E-state index >= 15 is 0 Å². The Hall–Kier alpha value is -0.700. The summed E-state index contributed by atoms with van der Waals surface area (Å²) in [6.45, 7) is 4.12. The fourth-order valence-corrected chi connectivity index (χ4v) is 5.46. The first-order valence-electron chi connectivity index (χ1n) is 12.6. The number of hydrogen-bond donors (Lipinski definition) is 0. The van der Waals surface area contributed by atoms with Crippen LogP contribution in [0.25, 0.3) is 0 Å². The van der Waals surface area contributed by atoms with Gasteiger partial charge in [-0.15, -0.1) is 0 Å². The van der Waals surface area contributed by atoms with Crippen molar-refractivity contribution >= 4 is 11.7 Å². The zero-order valence-corrected chi connectivity index (χ0v) is 18.7. The van der Waals surface area contributed by atoms with Gasteiger partial charge in [0.2, 0.25) is 0 Å². The molecule has 0 aromatic rings. The van der Waals surface area contributed by atoms with Gasteiger partial charge in [-0.05, 0) is 44.9 Å². The molecule has 0 N–H and O–H groups in total. The molecule has 1 amide bonds. The van der Waals surface area contributed by atoms with Crippen molar-refractivity contribution in [3.8, 4) is 0 Å². The summed E-state index contributed by atoms with van der Waals surface area (Å²) in [5, 5.41) is 0. The van der Waals surface area contributed by atoms with E-state index in [0.717, 1.165) is 64.5 Å². The van der Waals surface area contributed by atoms with E-state index in [-0.39, 0.29) is 6.04 Å². The van der Waals surface area contributed by atoms with E-state index in [4.69, 9.17) is 0 Å². The Balaban J connectivity index is 1.82. The monoisotopic (exact) mass is 392 g/mol. The molecule has 0 radical (unpaired) electrons. The predicted molar refractivity (Wildman–Crippen MR) is 117 cm³/mol. The van der Waals surface area contributed by atoms with E-state index in [1.165, 1.54) is 57.8 Å². The van der Waals surface area contributed by atoms with Crippen molar-refractivity contribution in [1.82, 2.24) is 0 Å². The summed E-state index contributed by atoms with van der Waals surface area (Å²) in [7, 11) is 0. The van der Waals surface area contributed by atoms with Gasteiger partial charge in [0.25, 0.3) is 0 Å². The average Bonchev–Trinajstić information content (AvgIpc) is 3.02. The lowest BCUT2D eigenvalue weighted by atomic mass is 9.99. The van der Waals surface area contributed by atoms with Crippen LogP contribution in [0.2, 0.25) is 0 Å². The van der Waals surface area contributed by atoms with E-state index in [1.807, 2.05) is 0 Å². The minimum absolute atomic E-state index is 0.0216. The van der Waals surface area contributed by atoms with Crippen LogP contribution in [0.5, 0.6) is 0 Å². The quantitative estimate of drug-likeness (QED) is 0.210. The lowest BCUT2D eigenvalue weighted by molar-refractivity contribution is -0.870. The van der Waals surface area contributed by atoms with Gasteiger partial charge >= 0.3 is 5.91 Å². The molecule has 1 heterocycles. The fraction of sp³-hybridized carbons (Fsp3) is 0.920. The highest BCUT2D eigenvalue weighted by molar-refractivity contribution is 5.85. The molecule has 1 saturated heterocycles. The topological polar surface area (TPSA) is 34.1 Å². The molecule has 0 aromatic heterocycles. The molecule has 3 nitrogen and oxygen atoms in total. The summed E-state index contributed by atoms with van der Waals surface area (Å²) < 4.78 is 0.524. The van der Waals surface area contributed by atoms with E-state index in [2.05, 4.69) is 6.92 Å². The standard InChI is InChI=1S/C25H46NO2/c1-2-3-4-5-6-7-8-9-10-16-21-26(22-17-12-15-20-25(26)28)23-18-13-11-14-19-24(23)27/h23H,2-22H2,1H3/q+1. The molecule has 2 unspecified atom stereocenters. The average molecular weight is 393 g/mol. The van der Waals surface area contributed by atoms with E-state index < -0.39 is 0 Å². The third kappa shape index (κ3) is 7.28. The zero-order chi connectivity index (χ0) is 20.1. The van der Waals surface area contributed by atoms with Gasteiger partial charge in [0.1, 0.15) is 0 Å². The lowest BCUT2D eigenvalue weighted by Crippen LogP contribution is -2.62. The molecule has 28 heavy (non-hydrogen) atoms. The van der Waals surface area contributed by atoms with Gasteiger partial charge in [-0.1, -0.05) is 64.7 Å². The smallest absolute Gasteiger partial charge is 0.293 e. The van der Waals surface area contributed by atoms with Crippen molar-refractivity contribution < 1.29 is 14.1 Å². The number of ketones is 1. The van der Waals surface area contributed by atoms with Crippen molar-refractivity contribution in [3.05, 3.63) is 0 Å². The summed E-state index contributed by atoms with van der Waals surface area (Å²) in [4.78, 5) is 26.1. The number of likely N-dealkylation sites (tertiary alicyclic amines) is 1. The van der Waals surface area contributed by atoms with Gasteiger partial charge in [-0.25, -0.2) is 4.79 Å². The third-order valence-corrected chi connectivity index (χ3v) is 7.22. The minimum Gasteiger partial charge on any atom is -0.293 e. The van der Waals surface area contributed by atoms with Gasteiger partial charge < -0.3 is 0 Å². The molecular formula is C25H46NO2+. The number of amides is 1. The second-order valence-corrected chi connectivity index (χ2v) is 9.45. The predicted octanol–water partition coefficient (Wildman–Crippen LogP) is 6.73. The van der Waals surface area contributed by atoms with Crippen molar-refractivity contribution in [3.63, 3.8) is 0 Å². The van der Waals surface area contributed by atoms with Crippen molar-refractivity contribution in [2.24, 2.45) is 0 Å². The van der Waals surface area contributed by atoms with E-state index in [1.54, 1.807) is 0 Å². The number of unbranched alkanes of at least 4 members (excludes halogenated alkanes) is 9. The molecule has 0 bridgehead atoms. The number of rotatable bonds is 12. The molecule has 162 valence electrons. The van der Waals surface area contributed by atoms with Gasteiger partial charge in [0, 0.05) is 12.8 Å². The largest absolute Gasteiger partial charge is 0.314 e. The minimum atomic E-state index is -0.0216. The SMILES string of the molecule is CCCCCCCCCCCC[N+]1(C2CCCCCC2=O)CCCCCC1=O. The maximum absolute atomic E-state index is 13.2. The third-order valence-electron chi connectivity index (χ3n) is 7.22. The second-order valence-electron chi connectivity index (χ2n) is 9.45. The number of hydrogen-bond acceptors (Lipinski definition) is 2. The fourth-order valence-electron chi connectivity index (χ4n) is 5.46. The Morgan fingerprint density at radius 3 is 2.04 bits per heavy atom. The zero-order valence-electron chi connectivity index (χ0n) is 18.7. The van der Waals surface area contributed by atoms with E-state index in [9.17, 15) is 9.59 Å². The summed E-state index contributed by atoms with van der Waals surface area (Å²) >= 11 is 0. The van der Waals surface area contributed by atoms with Crippen molar-refractivity contribution in [2.45, 2.75) is 135 Å². The van der Waals surface area contributed by atoms with Crippen LogP contribution in [-0.2, 0) is 9.59 Å². The Morgan fingerprint density at radius 1 is 0.714 bits per heavy atom. The Morgan fingerprint density at radius 2 is 1.32 bits per heavy atom. The molecule has 1 saturated carbocycles. The molecule has 2 rings (SSSR count). The number of carbonyl (C=O) groups excluding carboxylic acids is 2. The van der Waals surface area contributed by atoms with Gasteiger partial charge in [-0.3, -0.25) is 9.28 Å². The van der Waals surface area contributed by atoms with Gasteiger partial charge in [0.05, 0.1) is 19.5 Å². The highest BCUT2D eigenvalue weighted by Gasteiger charge is 2.47. The first-order chi connectivity index (χ1) is 13.7. The highest BCUT2D eigenvalue weighted by Crippen LogP contribution is 2.31. The molecular weight excluding hydrogens is 346 g/mol. The molecule has 0 aromatic carbocycles. The molecule has 1 aliphatic heterocycles. The van der Waals surface area contributed by atoms with Gasteiger partial charge in [0.15, 0.2) is 11.8 Å². The number of nitrogens with zero attached hydrogens (tertiary/aromatic N) is 1. The van der Waals surface area contributed by atoms with Crippen LogP contribution in [0.1, 0.15) is 129 Å². The molecule has 1 aliphatic carbocycles. The summed E-state index contributed by atoms with van der Waals surface area (Å²) in [6.07, 6.45) is 22.2. The van der Waals surface area contributed by atoms with Crippen LogP contribution < -0.4 is 0 Å². The van der Waals surface area contributed by atoms with Gasteiger partial charge in [-0.2, -0.15) is 0 Å². The first kappa shape index (κ1) is 23.6. The van der Waals surface area contributed by atoms with Crippen LogP contribution in [0.15, 0.2) is 0 Å². The molecule has 0 spiro atoms. The van der Waals surface area contributed by atoms with E-state index in [0.29, 0.717) is 29.0 Å². The maximum Gasteiger partial charge on any atom is 0.314 e. The molecule has 3 heteroatoms. The Labute approximate surface area is 174 Å². The van der Waals surface area contributed by atoms with Crippen LogP contribution in [0, 0.1) is 0 Å². The maximum atomic E-state index is 13.2. The number of Topliss-reactive ketones (excluding diaryl/α,β-unsaturated/α-hetero) is 1. The lowest BCUT2D eigenvalue weighted by Gasteiger charge is -2.41. The Bertz CT molecular complexity index is 461. The molecule has 2 fully saturated rings. The van der Waals surface area contributed by atoms with Crippen LogP contribution in [-0.4, -0.2) is 35.3 Å². The molecule has 2 atom stereocenters. The highest BCUT2D eigenvalue weighted by atomic mass is 16.2. The summed E-state index contributed by atoms with van der Waals surface area (Å²) in [5.41, 5.74) is 0. The molecule has 2 aliphatic rings. The Kier molecular flexibility index (Phi) is 11.4. The van der Waals surface area contributed by atoms with Crippen LogP contribution in [0.4, 0.5) is 0 Å². The normalized spacial score (nSPS) is 26.8.